The molecule has 0 aromatic heterocycles. The van der Waals surface area contributed by atoms with Crippen molar-refractivity contribution in [3.8, 4) is 5.75 Å². The van der Waals surface area contributed by atoms with E-state index in [2.05, 4.69) is 10.6 Å². The Morgan fingerprint density at radius 2 is 1.50 bits per heavy atom. The molecule has 0 bridgehead atoms. The Hall–Kier alpha value is -2.82. The summed E-state index contributed by atoms with van der Waals surface area (Å²) in [6.07, 6.45) is 0.669. The van der Waals surface area contributed by atoms with Crippen molar-refractivity contribution in [1.82, 2.24) is 0 Å². The maximum atomic E-state index is 12.4. The summed E-state index contributed by atoms with van der Waals surface area (Å²) in [5.74, 6) is 0.500. The minimum atomic E-state index is -0.626. The molecule has 0 saturated carbocycles. The van der Waals surface area contributed by atoms with Gasteiger partial charge in [0.05, 0.1) is 0 Å². The van der Waals surface area contributed by atoms with Crippen molar-refractivity contribution in [3.05, 3.63) is 53.6 Å². The number of carbonyl (C=O) groups is 2. The maximum absolute atomic E-state index is 12.4. The molecule has 1 unspecified atom stereocenters. The van der Waals surface area contributed by atoms with Gasteiger partial charge in [-0.25, -0.2) is 0 Å². The molecule has 5 nitrogen and oxygen atoms in total. The molecule has 0 fully saturated rings. The van der Waals surface area contributed by atoms with Gasteiger partial charge in [-0.3, -0.25) is 9.59 Å². The molecule has 5 heteroatoms. The summed E-state index contributed by atoms with van der Waals surface area (Å²) in [4.78, 5) is 24.0. The fourth-order valence-electron chi connectivity index (χ4n) is 2.55. The number of benzene rings is 2. The molecule has 2 aromatic carbocycles. The molecule has 0 spiro atoms. The third-order valence-corrected chi connectivity index (χ3v) is 3.99. The number of carbonyl (C=O) groups excluding carboxylic acids is 2. The molecule has 0 aliphatic rings. The van der Waals surface area contributed by atoms with E-state index in [0.717, 1.165) is 23.3 Å². The number of para-hydroxylation sites is 1. The Kier molecular flexibility index (Phi) is 6.78. The van der Waals surface area contributed by atoms with Crippen LogP contribution in [-0.2, 0) is 9.59 Å². The highest BCUT2D eigenvalue weighted by Gasteiger charge is 2.17. The minimum absolute atomic E-state index is 0.0140. The van der Waals surface area contributed by atoms with E-state index in [1.807, 2.05) is 39.0 Å². The number of nitrogens with one attached hydrogen (secondary N) is 2. The van der Waals surface area contributed by atoms with Crippen LogP contribution in [0.3, 0.4) is 0 Å². The van der Waals surface area contributed by atoms with Crippen LogP contribution in [0.25, 0.3) is 0 Å². The molecule has 138 valence electrons. The zero-order valence-electron chi connectivity index (χ0n) is 15.8. The van der Waals surface area contributed by atoms with Crippen molar-refractivity contribution in [1.29, 1.82) is 0 Å². The zero-order valence-corrected chi connectivity index (χ0v) is 15.8. The fraction of sp³-hybridized carbons (Fsp3) is 0.333. The highest BCUT2D eigenvalue weighted by molar-refractivity contribution is 5.95. The van der Waals surface area contributed by atoms with Gasteiger partial charge in [0, 0.05) is 17.8 Å². The van der Waals surface area contributed by atoms with E-state index in [4.69, 9.17) is 4.74 Å². The van der Waals surface area contributed by atoms with E-state index in [1.54, 1.807) is 31.2 Å². The van der Waals surface area contributed by atoms with Crippen LogP contribution in [0.15, 0.2) is 42.5 Å². The van der Waals surface area contributed by atoms with Gasteiger partial charge in [-0.1, -0.05) is 25.1 Å². The van der Waals surface area contributed by atoms with Gasteiger partial charge < -0.3 is 15.4 Å². The third kappa shape index (κ3) is 5.34. The first-order chi connectivity index (χ1) is 12.4. The number of aryl methyl sites for hydroxylation is 2. The van der Waals surface area contributed by atoms with Gasteiger partial charge >= 0.3 is 0 Å². The molecule has 0 aliphatic heterocycles. The van der Waals surface area contributed by atoms with Crippen molar-refractivity contribution < 1.29 is 14.3 Å². The van der Waals surface area contributed by atoms with Crippen molar-refractivity contribution in [2.75, 3.05) is 10.6 Å². The summed E-state index contributed by atoms with van der Waals surface area (Å²) in [5.41, 5.74) is 3.36. The molecule has 2 aromatic rings. The molecule has 0 radical (unpaired) electrons. The lowest BCUT2D eigenvalue weighted by atomic mass is 10.1. The second-order valence-corrected chi connectivity index (χ2v) is 6.35. The number of rotatable bonds is 7. The normalized spacial score (nSPS) is 11.5. The Bertz CT molecular complexity index is 749. The van der Waals surface area contributed by atoms with Gasteiger partial charge in [-0.15, -0.1) is 0 Å². The largest absolute Gasteiger partial charge is 0.480 e. The second-order valence-electron chi connectivity index (χ2n) is 6.35. The van der Waals surface area contributed by atoms with Gasteiger partial charge in [-0.2, -0.15) is 0 Å². The SMILES string of the molecule is CCCC(=O)Nc1ccc(NC(=O)C(C)Oc2c(C)cccc2C)cc1. The first kappa shape index (κ1) is 19.5. The van der Waals surface area contributed by atoms with Gasteiger partial charge in [0.2, 0.25) is 5.91 Å². The molecule has 2 N–H and O–H groups in total. The minimum Gasteiger partial charge on any atom is -0.480 e. The Labute approximate surface area is 154 Å². The first-order valence-electron chi connectivity index (χ1n) is 8.84. The van der Waals surface area contributed by atoms with Crippen LogP contribution in [0, 0.1) is 13.8 Å². The summed E-state index contributed by atoms with van der Waals surface area (Å²) in [5, 5.41) is 5.64. The molecule has 0 saturated heterocycles. The average Bonchev–Trinajstić information content (AvgIpc) is 2.60. The lowest BCUT2D eigenvalue weighted by molar-refractivity contribution is -0.122. The van der Waals surface area contributed by atoms with Crippen LogP contribution in [-0.4, -0.2) is 17.9 Å². The van der Waals surface area contributed by atoms with Crippen molar-refractivity contribution in [2.45, 2.75) is 46.6 Å². The van der Waals surface area contributed by atoms with Gasteiger partial charge in [0.1, 0.15) is 5.75 Å². The van der Waals surface area contributed by atoms with Crippen LogP contribution >= 0.6 is 0 Å². The summed E-state index contributed by atoms with van der Waals surface area (Å²) < 4.78 is 5.84. The molecule has 0 aliphatic carbocycles. The quantitative estimate of drug-likeness (QED) is 0.772. The topological polar surface area (TPSA) is 67.4 Å². The summed E-state index contributed by atoms with van der Waals surface area (Å²) >= 11 is 0. The monoisotopic (exact) mass is 354 g/mol. The Morgan fingerprint density at radius 1 is 0.962 bits per heavy atom. The smallest absolute Gasteiger partial charge is 0.265 e. The highest BCUT2D eigenvalue weighted by Crippen LogP contribution is 2.24. The maximum Gasteiger partial charge on any atom is 0.265 e. The van der Waals surface area contributed by atoms with Crippen molar-refractivity contribution in [2.24, 2.45) is 0 Å². The van der Waals surface area contributed by atoms with E-state index in [1.165, 1.54) is 0 Å². The summed E-state index contributed by atoms with van der Waals surface area (Å²) in [6, 6.07) is 12.9. The Balaban J connectivity index is 1.95. The van der Waals surface area contributed by atoms with Gasteiger partial charge in [-0.05, 0) is 62.6 Å². The second kappa shape index (κ2) is 9.04. The molecular formula is C21H26N2O3. The zero-order chi connectivity index (χ0) is 19.1. The van der Waals surface area contributed by atoms with Crippen LogP contribution in [0.4, 0.5) is 11.4 Å². The lowest BCUT2D eigenvalue weighted by Gasteiger charge is -2.18. The summed E-state index contributed by atoms with van der Waals surface area (Å²) in [7, 11) is 0. The average molecular weight is 354 g/mol. The molecule has 26 heavy (non-hydrogen) atoms. The van der Waals surface area contributed by atoms with E-state index in [9.17, 15) is 9.59 Å². The predicted molar refractivity (Wildman–Crippen MR) is 105 cm³/mol. The first-order valence-corrected chi connectivity index (χ1v) is 8.84. The van der Waals surface area contributed by atoms with Gasteiger partial charge in [0.25, 0.3) is 5.91 Å². The number of amides is 2. The van der Waals surface area contributed by atoms with Crippen molar-refractivity contribution in [3.63, 3.8) is 0 Å². The number of anilines is 2. The van der Waals surface area contributed by atoms with Crippen molar-refractivity contribution >= 4 is 23.2 Å². The van der Waals surface area contributed by atoms with E-state index in [-0.39, 0.29) is 11.8 Å². The molecule has 1 atom stereocenters. The van der Waals surface area contributed by atoms with E-state index in [0.29, 0.717) is 17.8 Å². The third-order valence-electron chi connectivity index (χ3n) is 3.99. The fourth-order valence-corrected chi connectivity index (χ4v) is 2.55. The summed E-state index contributed by atoms with van der Waals surface area (Å²) in [6.45, 7) is 7.59. The van der Waals surface area contributed by atoms with Gasteiger partial charge in [0.15, 0.2) is 6.10 Å². The number of hydrogen-bond acceptors (Lipinski definition) is 3. The Morgan fingerprint density at radius 3 is 2.04 bits per heavy atom. The van der Waals surface area contributed by atoms with Crippen LogP contribution in [0.1, 0.15) is 37.8 Å². The molecule has 2 rings (SSSR count). The standard InChI is InChI=1S/C21H26N2O3/c1-5-7-19(24)22-17-10-12-18(13-11-17)23-21(25)16(4)26-20-14(2)8-6-9-15(20)3/h6,8-13,16H,5,7H2,1-4H3,(H,22,24)(H,23,25). The van der Waals surface area contributed by atoms with E-state index >= 15 is 0 Å². The molecular weight excluding hydrogens is 328 g/mol. The number of ether oxygens (including phenoxy) is 1. The molecule has 2 amide bonds. The predicted octanol–water partition coefficient (Wildman–Crippen LogP) is 4.45. The highest BCUT2D eigenvalue weighted by atomic mass is 16.5. The van der Waals surface area contributed by atoms with Crippen LogP contribution < -0.4 is 15.4 Å². The van der Waals surface area contributed by atoms with Crippen LogP contribution in [0.5, 0.6) is 5.75 Å². The lowest BCUT2D eigenvalue weighted by Crippen LogP contribution is -2.30. The van der Waals surface area contributed by atoms with E-state index < -0.39 is 6.10 Å². The van der Waals surface area contributed by atoms with Crippen LogP contribution in [0.2, 0.25) is 0 Å². The number of hydrogen-bond donors (Lipinski definition) is 2. The molecule has 0 heterocycles.